The Hall–Kier alpha value is -7.12. The molecule has 0 bridgehead atoms. The van der Waals surface area contributed by atoms with E-state index in [2.05, 4.69) is 131 Å². The first kappa shape index (κ1) is 31.3. The number of hydrogen-bond acceptors (Lipinski definition) is 6. The molecule has 9 aromatic rings. The van der Waals surface area contributed by atoms with Gasteiger partial charge in [0.05, 0.1) is 24.6 Å². The van der Waals surface area contributed by atoms with Crippen molar-refractivity contribution >= 4 is 70.1 Å². The van der Waals surface area contributed by atoms with Crippen LogP contribution >= 0.6 is 0 Å². The SMILES string of the molecule is [B]CCc1ccc(-c2nc(-c3ccccc3)nc(N3c4cccc5c4B4c6c(cc(-n7c8ccccc8c8ccccc87)cc6Oc6cccc3c64)O5)n2)cc1. The molecule has 0 fully saturated rings. The van der Waals surface area contributed by atoms with Gasteiger partial charge in [-0.2, -0.15) is 9.97 Å². The van der Waals surface area contributed by atoms with Crippen molar-refractivity contribution in [1.82, 2.24) is 19.5 Å². The van der Waals surface area contributed by atoms with E-state index in [1.807, 2.05) is 30.3 Å². The van der Waals surface area contributed by atoms with Gasteiger partial charge >= 0.3 is 0 Å². The number of rotatable bonds is 6. The lowest BCUT2D eigenvalue weighted by atomic mass is 9.33. The van der Waals surface area contributed by atoms with Crippen molar-refractivity contribution in [3.05, 3.63) is 157 Å². The molecule has 0 saturated heterocycles. The summed E-state index contributed by atoms with van der Waals surface area (Å²) < 4.78 is 16.2. The van der Waals surface area contributed by atoms with Gasteiger partial charge in [-0.15, -0.1) is 0 Å². The third kappa shape index (κ3) is 4.51. The lowest BCUT2D eigenvalue weighted by Gasteiger charge is -2.42. The number of aromatic nitrogens is 4. The highest BCUT2D eigenvalue weighted by atomic mass is 16.5. The number of nitrogens with zero attached hydrogens (tertiary/aromatic N) is 5. The van der Waals surface area contributed by atoms with Gasteiger partial charge in [0, 0.05) is 50.9 Å². The number of aryl methyl sites for hydroxylation is 1. The number of anilines is 3. The zero-order chi connectivity index (χ0) is 36.9. The molecule has 0 atom stereocenters. The molecule has 0 unspecified atom stereocenters. The van der Waals surface area contributed by atoms with Crippen molar-refractivity contribution in [2.45, 2.75) is 12.7 Å². The molecule has 7 aromatic carbocycles. The number of benzene rings is 7. The van der Waals surface area contributed by atoms with Crippen LogP contribution in [0.15, 0.2) is 152 Å². The van der Waals surface area contributed by atoms with Crippen LogP contribution in [0.3, 0.4) is 0 Å². The van der Waals surface area contributed by atoms with Crippen molar-refractivity contribution in [3.8, 4) is 51.5 Å². The molecule has 0 saturated carbocycles. The van der Waals surface area contributed by atoms with Gasteiger partial charge in [0.1, 0.15) is 23.0 Å². The van der Waals surface area contributed by atoms with Crippen molar-refractivity contribution in [1.29, 1.82) is 0 Å². The topological polar surface area (TPSA) is 65.3 Å². The molecule has 56 heavy (non-hydrogen) atoms. The summed E-state index contributed by atoms with van der Waals surface area (Å²) in [6.07, 6.45) is 1.40. The summed E-state index contributed by atoms with van der Waals surface area (Å²) in [7, 11) is 5.86. The Labute approximate surface area is 324 Å². The van der Waals surface area contributed by atoms with Crippen molar-refractivity contribution in [3.63, 3.8) is 0 Å². The first-order chi connectivity index (χ1) is 27.7. The molecular weight excluding hydrogens is 688 g/mol. The van der Waals surface area contributed by atoms with Gasteiger partial charge in [0.25, 0.3) is 6.71 Å². The fourth-order valence-electron chi connectivity index (χ4n) is 8.90. The van der Waals surface area contributed by atoms with Gasteiger partial charge in [-0.25, -0.2) is 4.98 Å². The van der Waals surface area contributed by atoms with E-state index >= 15 is 0 Å². The minimum absolute atomic E-state index is 0.117. The van der Waals surface area contributed by atoms with E-state index in [4.69, 9.17) is 32.3 Å². The minimum Gasteiger partial charge on any atom is -0.458 e. The Morgan fingerprint density at radius 1 is 0.518 bits per heavy atom. The van der Waals surface area contributed by atoms with Crippen molar-refractivity contribution in [2.75, 3.05) is 4.90 Å². The molecule has 260 valence electrons. The fraction of sp³-hybridized carbons (Fsp3) is 0.0426. The molecule has 0 amide bonds. The Morgan fingerprint density at radius 3 is 1.66 bits per heavy atom. The van der Waals surface area contributed by atoms with E-state index in [-0.39, 0.29) is 6.71 Å². The van der Waals surface area contributed by atoms with E-state index in [1.54, 1.807) is 0 Å². The quantitative estimate of drug-likeness (QED) is 0.160. The monoisotopic (exact) mass is 717 g/mol. The summed E-state index contributed by atoms with van der Waals surface area (Å²) in [4.78, 5) is 17.5. The molecule has 0 aliphatic carbocycles. The van der Waals surface area contributed by atoms with E-state index in [0.717, 1.165) is 85.0 Å². The van der Waals surface area contributed by atoms with Crippen molar-refractivity contribution in [2.24, 2.45) is 0 Å². The van der Waals surface area contributed by atoms with Gasteiger partial charge in [-0.05, 0) is 59.3 Å². The Bertz CT molecular complexity index is 2940. The molecule has 3 aliphatic rings. The third-order valence-corrected chi connectivity index (χ3v) is 11.3. The Morgan fingerprint density at radius 2 is 1.07 bits per heavy atom. The third-order valence-electron chi connectivity index (χ3n) is 11.3. The molecule has 12 rings (SSSR count). The van der Waals surface area contributed by atoms with Crippen LogP contribution in [0.2, 0.25) is 6.32 Å². The molecule has 3 aliphatic heterocycles. The van der Waals surface area contributed by atoms with Crippen molar-refractivity contribution < 1.29 is 9.47 Å². The average Bonchev–Trinajstić information content (AvgIpc) is 3.59. The molecule has 0 spiro atoms. The number of hydrogen-bond donors (Lipinski definition) is 0. The molecule has 2 aromatic heterocycles. The number of fused-ring (bicyclic) bond motifs is 3. The zero-order valence-corrected chi connectivity index (χ0v) is 30.1. The highest BCUT2D eigenvalue weighted by molar-refractivity contribution is 7.00. The van der Waals surface area contributed by atoms with Gasteiger partial charge in [-0.1, -0.05) is 109 Å². The minimum atomic E-state index is -0.117. The standard InChI is InChI=1S/C47H29B2N5O2/c48-25-24-28-20-22-30(23-21-28)46-50-45(29-10-2-1-3-11-29)51-47(52-46)54-36-16-8-18-38-42(36)49-43-37(54)17-9-19-39(43)56-41-27-31(26-40(55-38)44(41)49)53-34-14-6-4-12-32(34)33-13-5-7-15-35(33)53/h1-23,26-27H,24-25H2. The lowest BCUT2D eigenvalue weighted by Crippen LogP contribution is -2.61. The summed E-state index contributed by atoms with van der Waals surface area (Å²) in [6.45, 7) is -0.117. The summed E-state index contributed by atoms with van der Waals surface area (Å²) in [6, 6.07) is 52.3. The van der Waals surface area contributed by atoms with Crippen LogP contribution in [0.5, 0.6) is 23.0 Å². The average molecular weight is 717 g/mol. The van der Waals surface area contributed by atoms with E-state index < -0.39 is 0 Å². The van der Waals surface area contributed by atoms with E-state index in [1.165, 1.54) is 16.3 Å². The molecule has 2 radical (unpaired) electrons. The van der Waals surface area contributed by atoms with Gasteiger partial charge in [0.15, 0.2) is 11.6 Å². The normalized spacial score (nSPS) is 13.1. The lowest BCUT2D eigenvalue weighted by molar-refractivity contribution is 0.464. The van der Waals surface area contributed by atoms with E-state index in [9.17, 15) is 0 Å². The molecular formula is C47H29B2N5O2. The van der Waals surface area contributed by atoms with Gasteiger partial charge < -0.3 is 14.0 Å². The second-order valence-corrected chi connectivity index (χ2v) is 14.5. The number of para-hydroxylation sites is 2. The maximum absolute atomic E-state index is 6.93. The van der Waals surface area contributed by atoms with Crippen LogP contribution in [-0.4, -0.2) is 34.1 Å². The summed E-state index contributed by atoms with van der Waals surface area (Å²) >= 11 is 0. The molecule has 9 heteroatoms. The summed E-state index contributed by atoms with van der Waals surface area (Å²) in [5, 5.41) is 2.41. The first-order valence-electron chi connectivity index (χ1n) is 18.9. The van der Waals surface area contributed by atoms with Gasteiger partial charge in [-0.3, -0.25) is 4.90 Å². The summed E-state index contributed by atoms with van der Waals surface area (Å²) in [5.74, 6) is 4.85. The fourth-order valence-corrected chi connectivity index (χ4v) is 8.90. The first-order valence-corrected chi connectivity index (χ1v) is 18.9. The molecule has 5 heterocycles. The largest absolute Gasteiger partial charge is 0.458 e. The summed E-state index contributed by atoms with van der Waals surface area (Å²) in [5.41, 5.74) is 11.3. The second kappa shape index (κ2) is 11.9. The van der Waals surface area contributed by atoms with Crippen LogP contribution in [0, 0.1) is 0 Å². The predicted octanol–water partition coefficient (Wildman–Crippen LogP) is 8.94. The highest BCUT2D eigenvalue weighted by Crippen LogP contribution is 2.46. The van der Waals surface area contributed by atoms with Crippen LogP contribution in [-0.2, 0) is 6.42 Å². The van der Waals surface area contributed by atoms with Crippen LogP contribution in [0.25, 0.3) is 50.3 Å². The number of ether oxygens (including phenoxy) is 2. The zero-order valence-electron chi connectivity index (χ0n) is 30.1. The smallest absolute Gasteiger partial charge is 0.266 e. The van der Waals surface area contributed by atoms with Gasteiger partial charge in [0.2, 0.25) is 5.95 Å². The Kier molecular flexibility index (Phi) is 6.66. The maximum atomic E-state index is 6.93. The van der Waals surface area contributed by atoms with Crippen LogP contribution in [0.1, 0.15) is 5.56 Å². The second-order valence-electron chi connectivity index (χ2n) is 14.5. The van der Waals surface area contributed by atoms with Crippen LogP contribution < -0.4 is 30.8 Å². The maximum Gasteiger partial charge on any atom is 0.266 e. The molecule has 7 nitrogen and oxygen atoms in total. The molecule has 0 N–H and O–H groups in total. The van der Waals surface area contributed by atoms with Crippen LogP contribution in [0.4, 0.5) is 17.3 Å². The predicted molar refractivity (Wildman–Crippen MR) is 225 cm³/mol. The highest BCUT2D eigenvalue weighted by Gasteiger charge is 2.48. The van der Waals surface area contributed by atoms with E-state index in [0.29, 0.717) is 23.9 Å². The Balaban J connectivity index is 1.06.